The van der Waals surface area contributed by atoms with Gasteiger partial charge in [0.2, 0.25) is 0 Å². The molecule has 100 valence electrons. The Kier molecular flexibility index (Phi) is 4.25. The van der Waals surface area contributed by atoms with Gasteiger partial charge in [-0.05, 0) is 38.0 Å². The Hall–Kier alpha value is -1.06. The van der Waals surface area contributed by atoms with E-state index in [-0.39, 0.29) is 0 Å². The van der Waals surface area contributed by atoms with Gasteiger partial charge in [-0.25, -0.2) is 0 Å². The summed E-state index contributed by atoms with van der Waals surface area (Å²) in [4.78, 5) is 2.49. The van der Waals surface area contributed by atoms with Crippen LogP contribution < -0.4 is 0 Å². The standard InChI is InChI=1S/C15H23NO2/c1-4-15(13-5-7-14(17)8-6-13)16-9-11(2)18-12(3)10-16/h5-8,11-12,15,17H,4,9-10H2,1-3H3. The predicted molar refractivity (Wildman–Crippen MR) is 72.7 cm³/mol. The molecule has 1 aromatic carbocycles. The molecule has 0 saturated carbocycles. The Morgan fingerprint density at radius 2 is 1.78 bits per heavy atom. The molecule has 1 N–H and O–H groups in total. The van der Waals surface area contributed by atoms with Crippen LogP contribution >= 0.6 is 0 Å². The van der Waals surface area contributed by atoms with Crippen molar-refractivity contribution in [3.8, 4) is 5.75 Å². The number of phenolic OH excluding ortho intramolecular Hbond substituents is 1. The molecule has 2 rings (SSSR count). The summed E-state index contributed by atoms with van der Waals surface area (Å²) in [7, 11) is 0. The van der Waals surface area contributed by atoms with Crippen molar-refractivity contribution in [2.45, 2.75) is 45.4 Å². The molecule has 0 aromatic heterocycles. The van der Waals surface area contributed by atoms with E-state index < -0.39 is 0 Å². The van der Waals surface area contributed by atoms with Crippen molar-refractivity contribution in [3.63, 3.8) is 0 Å². The van der Waals surface area contributed by atoms with Crippen LogP contribution in [0.2, 0.25) is 0 Å². The Balaban J connectivity index is 2.14. The van der Waals surface area contributed by atoms with Crippen molar-refractivity contribution in [2.24, 2.45) is 0 Å². The lowest BCUT2D eigenvalue weighted by Crippen LogP contribution is -2.46. The first-order chi connectivity index (χ1) is 8.60. The van der Waals surface area contributed by atoms with Crippen molar-refractivity contribution in [3.05, 3.63) is 29.8 Å². The first-order valence-corrected chi connectivity index (χ1v) is 6.78. The Morgan fingerprint density at radius 3 is 2.28 bits per heavy atom. The van der Waals surface area contributed by atoms with Crippen molar-refractivity contribution in [1.82, 2.24) is 4.90 Å². The predicted octanol–water partition coefficient (Wildman–Crippen LogP) is 2.95. The van der Waals surface area contributed by atoms with E-state index in [1.54, 1.807) is 12.1 Å². The van der Waals surface area contributed by atoms with Gasteiger partial charge in [0.1, 0.15) is 5.75 Å². The van der Waals surface area contributed by atoms with Gasteiger partial charge in [-0.15, -0.1) is 0 Å². The summed E-state index contributed by atoms with van der Waals surface area (Å²) in [6.07, 6.45) is 1.66. The average molecular weight is 249 g/mol. The number of nitrogens with zero attached hydrogens (tertiary/aromatic N) is 1. The fourth-order valence-corrected chi connectivity index (χ4v) is 2.87. The molecule has 3 nitrogen and oxygen atoms in total. The molecule has 1 heterocycles. The minimum absolute atomic E-state index is 0.292. The molecular weight excluding hydrogens is 226 g/mol. The van der Waals surface area contributed by atoms with Gasteiger partial charge in [-0.1, -0.05) is 19.1 Å². The normalized spacial score (nSPS) is 27.1. The molecule has 0 bridgehead atoms. The van der Waals surface area contributed by atoms with Crippen LogP contribution in [0.4, 0.5) is 0 Å². The Morgan fingerprint density at radius 1 is 1.22 bits per heavy atom. The van der Waals surface area contributed by atoms with Gasteiger partial charge >= 0.3 is 0 Å². The molecule has 18 heavy (non-hydrogen) atoms. The lowest BCUT2D eigenvalue weighted by atomic mass is 10.0. The molecule has 0 spiro atoms. The zero-order chi connectivity index (χ0) is 13.1. The lowest BCUT2D eigenvalue weighted by molar-refractivity contribution is -0.0814. The highest BCUT2D eigenvalue weighted by Gasteiger charge is 2.27. The molecule has 3 heteroatoms. The van der Waals surface area contributed by atoms with Crippen LogP contribution in [0.25, 0.3) is 0 Å². The second kappa shape index (κ2) is 5.72. The quantitative estimate of drug-likeness (QED) is 0.894. The molecule has 3 atom stereocenters. The molecule has 3 unspecified atom stereocenters. The van der Waals surface area contributed by atoms with Gasteiger partial charge in [0, 0.05) is 19.1 Å². The molecule has 1 aliphatic rings. The average Bonchev–Trinajstić information content (AvgIpc) is 2.31. The van der Waals surface area contributed by atoms with Crippen LogP contribution in [-0.4, -0.2) is 35.3 Å². The molecule has 1 aromatic rings. The zero-order valence-corrected chi connectivity index (χ0v) is 11.5. The van der Waals surface area contributed by atoms with E-state index >= 15 is 0 Å². The monoisotopic (exact) mass is 249 g/mol. The molecule has 0 aliphatic carbocycles. The van der Waals surface area contributed by atoms with Gasteiger partial charge in [0.05, 0.1) is 12.2 Å². The number of rotatable bonds is 3. The van der Waals surface area contributed by atoms with E-state index in [2.05, 4.69) is 25.7 Å². The molecular formula is C15H23NO2. The van der Waals surface area contributed by atoms with Crippen LogP contribution in [0.5, 0.6) is 5.75 Å². The number of benzene rings is 1. The van der Waals surface area contributed by atoms with Crippen LogP contribution in [-0.2, 0) is 4.74 Å². The number of hydrogen-bond donors (Lipinski definition) is 1. The zero-order valence-electron chi connectivity index (χ0n) is 11.5. The summed E-state index contributed by atoms with van der Waals surface area (Å²) in [6.45, 7) is 8.42. The number of hydrogen-bond acceptors (Lipinski definition) is 3. The summed E-state index contributed by atoms with van der Waals surface area (Å²) in [5.74, 6) is 0.331. The summed E-state index contributed by atoms with van der Waals surface area (Å²) in [5.41, 5.74) is 1.27. The third-order valence-corrected chi connectivity index (χ3v) is 3.55. The molecule has 0 radical (unpaired) electrons. The van der Waals surface area contributed by atoms with E-state index in [1.807, 2.05) is 12.1 Å². The van der Waals surface area contributed by atoms with E-state index in [0.717, 1.165) is 19.5 Å². The smallest absolute Gasteiger partial charge is 0.115 e. The first-order valence-electron chi connectivity index (χ1n) is 6.78. The fraction of sp³-hybridized carbons (Fsp3) is 0.600. The maximum atomic E-state index is 9.37. The third-order valence-electron chi connectivity index (χ3n) is 3.55. The van der Waals surface area contributed by atoms with Crippen molar-refractivity contribution in [1.29, 1.82) is 0 Å². The van der Waals surface area contributed by atoms with Gasteiger partial charge in [0.15, 0.2) is 0 Å². The first kappa shape index (κ1) is 13.4. The van der Waals surface area contributed by atoms with Gasteiger partial charge in [-0.3, -0.25) is 4.90 Å². The highest BCUT2D eigenvalue weighted by molar-refractivity contribution is 5.28. The molecule has 1 fully saturated rings. The molecule has 0 amide bonds. The topological polar surface area (TPSA) is 32.7 Å². The molecule has 1 aliphatic heterocycles. The highest BCUT2D eigenvalue weighted by Crippen LogP contribution is 2.28. The number of morpholine rings is 1. The number of ether oxygens (including phenoxy) is 1. The maximum absolute atomic E-state index is 9.37. The van der Waals surface area contributed by atoms with Crippen LogP contribution in [0.1, 0.15) is 38.8 Å². The highest BCUT2D eigenvalue weighted by atomic mass is 16.5. The third kappa shape index (κ3) is 3.03. The van der Waals surface area contributed by atoms with Crippen molar-refractivity contribution >= 4 is 0 Å². The molecule has 1 saturated heterocycles. The van der Waals surface area contributed by atoms with Crippen LogP contribution in [0.15, 0.2) is 24.3 Å². The van der Waals surface area contributed by atoms with Gasteiger partial charge in [0.25, 0.3) is 0 Å². The minimum Gasteiger partial charge on any atom is -0.508 e. The summed E-state index contributed by atoms with van der Waals surface area (Å²) < 4.78 is 5.78. The van der Waals surface area contributed by atoms with Gasteiger partial charge in [-0.2, -0.15) is 0 Å². The Labute approximate surface area is 109 Å². The summed E-state index contributed by atoms with van der Waals surface area (Å²) >= 11 is 0. The second-order valence-electron chi connectivity index (χ2n) is 5.23. The number of aromatic hydroxyl groups is 1. The van der Waals surface area contributed by atoms with Gasteiger partial charge < -0.3 is 9.84 Å². The van der Waals surface area contributed by atoms with Crippen LogP contribution in [0, 0.1) is 0 Å². The van der Waals surface area contributed by atoms with Crippen molar-refractivity contribution < 1.29 is 9.84 Å². The van der Waals surface area contributed by atoms with E-state index in [4.69, 9.17) is 4.74 Å². The summed E-state index contributed by atoms with van der Waals surface area (Å²) in [5, 5.41) is 9.37. The fourth-order valence-electron chi connectivity index (χ4n) is 2.87. The maximum Gasteiger partial charge on any atom is 0.115 e. The lowest BCUT2D eigenvalue weighted by Gasteiger charge is -2.40. The van der Waals surface area contributed by atoms with Crippen LogP contribution in [0.3, 0.4) is 0 Å². The second-order valence-corrected chi connectivity index (χ2v) is 5.23. The largest absolute Gasteiger partial charge is 0.508 e. The SMILES string of the molecule is CCC(c1ccc(O)cc1)N1CC(C)OC(C)C1. The van der Waals surface area contributed by atoms with E-state index in [0.29, 0.717) is 24.0 Å². The Bertz CT molecular complexity index is 367. The van der Waals surface area contributed by atoms with Crippen molar-refractivity contribution in [2.75, 3.05) is 13.1 Å². The number of phenols is 1. The van der Waals surface area contributed by atoms with E-state index in [1.165, 1.54) is 5.56 Å². The summed E-state index contributed by atoms with van der Waals surface area (Å²) in [6, 6.07) is 8.00. The van der Waals surface area contributed by atoms with E-state index in [9.17, 15) is 5.11 Å². The minimum atomic E-state index is 0.292.